The summed E-state index contributed by atoms with van der Waals surface area (Å²) in [6.07, 6.45) is -0.736. The molecule has 5 heteroatoms. The summed E-state index contributed by atoms with van der Waals surface area (Å²) in [5.74, 6) is 0.00502. The summed E-state index contributed by atoms with van der Waals surface area (Å²) >= 11 is 0. The number of aliphatic hydroxyl groups excluding tert-OH is 1. The molecule has 0 saturated heterocycles. The van der Waals surface area contributed by atoms with E-state index in [4.69, 9.17) is 10.6 Å². The molecule has 0 amide bonds. The molecule has 0 fully saturated rings. The average Bonchev–Trinajstić information content (AvgIpc) is 2.62. The number of benzene rings is 1. The molecule has 4 N–H and O–H groups in total. The van der Waals surface area contributed by atoms with Crippen LogP contribution in [0.2, 0.25) is 0 Å². The Morgan fingerprint density at radius 3 is 2.88 bits per heavy atom. The first-order valence-corrected chi connectivity index (χ1v) is 5.03. The lowest BCUT2D eigenvalue weighted by Gasteiger charge is -2.12. The molecule has 1 aromatic heterocycles. The van der Waals surface area contributed by atoms with Crippen molar-refractivity contribution in [2.45, 2.75) is 6.10 Å². The molecule has 1 heterocycles. The molecule has 16 heavy (non-hydrogen) atoms. The van der Waals surface area contributed by atoms with Crippen LogP contribution in [0.1, 0.15) is 0 Å². The Morgan fingerprint density at radius 2 is 2.12 bits per heavy atom. The van der Waals surface area contributed by atoms with Crippen LogP contribution in [-0.4, -0.2) is 34.2 Å². The standard InChI is InChI=1S/C11H14N2O3/c12-6-9(14)7-16-13-10-4-2-1-3-8(10)5-11(13)15/h1-5,9,14-15H,6-7,12H2. The van der Waals surface area contributed by atoms with E-state index >= 15 is 0 Å². The van der Waals surface area contributed by atoms with Crippen LogP contribution >= 0.6 is 0 Å². The van der Waals surface area contributed by atoms with E-state index < -0.39 is 6.10 Å². The van der Waals surface area contributed by atoms with Gasteiger partial charge < -0.3 is 20.8 Å². The number of fused-ring (bicyclic) bond motifs is 1. The second-order valence-corrected chi connectivity index (χ2v) is 3.54. The molecule has 0 bridgehead atoms. The van der Waals surface area contributed by atoms with Crippen LogP contribution in [0.25, 0.3) is 10.9 Å². The molecule has 1 aromatic carbocycles. The number of hydrogen-bond donors (Lipinski definition) is 3. The summed E-state index contributed by atoms with van der Waals surface area (Å²) in [5, 5.41) is 19.8. The van der Waals surface area contributed by atoms with Crippen LogP contribution in [-0.2, 0) is 0 Å². The zero-order valence-corrected chi connectivity index (χ0v) is 8.71. The van der Waals surface area contributed by atoms with Crippen LogP contribution in [0, 0.1) is 0 Å². The molecule has 5 nitrogen and oxygen atoms in total. The summed E-state index contributed by atoms with van der Waals surface area (Å²) < 4.78 is 1.29. The quantitative estimate of drug-likeness (QED) is 0.685. The fourth-order valence-electron chi connectivity index (χ4n) is 1.48. The van der Waals surface area contributed by atoms with Gasteiger partial charge in [0, 0.05) is 18.0 Å². The molecular weight excluding hydrogens is 208 g/mol. The predicted octanol–water partition coefficient (Wildman–Crippen LogP) is 0.0951. The lowest BCUT2D eigenvalue weighted by molar-refractivity contribution is 0.0280. The van der Waals surface area contributed by atoms with Crippen molar-refractivity contribution in [3.63, 3.8) is 0 Å². The summed E-state index contributed by atoms with van der Waals surface area (Å²) in [7, 11) is 0. The molecule has 2 rings (SSSR count). The normalized spacial score (nSPS) is 12.9. The van der Waals surface area contributed by atoms with Gasteiger partial charge in [0.2, 0.25) is 5.88 Å². The van der Waals surface area contributed by atoms with Crippen LogP contribution < -0.4 is 10.6 Å². The minimum atomic E-state index is -0.736. The summed E-state index contributed by atoms with van der Waals surface area (Å²) in [5.41, 5.74) is 6.01. The highest BCUT2D eigenvalue weighted by molar-refractivity contribution is 5.81. The minimum absolute atomic E-state index is 0.00502. The van der Waals surface area contributed by atoms with Crippen molar-refractivity contribution in [3.05, 3.63) is 30.3 Å². The van der Waals surface area contributed by atoms with E-state index in [1.165, 1.54) is 4.73 Å². The van der Waals surface area contributed by atoms with E-state index in [1.807, 2.05) is 24.3 Å². The minimum Gasteiger partial charge on any atom is -0.492 e. The third kappa shape index (κ3) is 1.95. The first-order valence-electron chi connectivity index (χ1n) is 5.03. The Morgan fingerprint density at radius 1 is 1.38 bits per heavy atom. The van der Waals surface area contributed by atoms with Gasteiger partial charge in [0.1, 0.15) is 12.7 Å². The molecule has 0 saturated carbocycles. The Bertz CT molecular complexity index is 481. The van der Waals surface area contributed by atoms with Crippen molar-refractivity contribution >= 4 is 10.9 Å². The van der Waals surface area contributed by atoms with Gasteiger partial charge in [0.05, 0.1) is 5.52 Å². The van der Waals surface area contributed by atoms with Crippen molar-refractivity contribution in [1.82, 2.24) is 4.73 Å². The SMILES string of the molecule is NCC(O)COn1c(O)cc2ccccc21. The molecule has 0 aliphatic carbocycles. The molecule has 1 atom stereocenters. The van der Waals surface area contributed by atoms with Crippen LogP contribution in [0.15, 0.2) is 30.3 Å². The number of aliphatic hydroxyl groups is 1. The lowest BCUT2D eigenvalue weighted by atomic mass is 10.3. The number of nitrogens with two attached hydrogens (primary N) is 1. The number of hydrogen-bond acceptors (Lipinski definition) is 4. The van der Waals surface area contributed by atoms with E-state index in [-0.39, 0.29) is 19.0 Å². The van der Waals surface area contributed by atoms with Crippen molar-refractivity contribution in [2.75, 3.05) is 13.2 Å². The number of nitrogens with zero attached hydrogens (tertiary/aromatic N) is 1. The first-order chi connectivity index (χ1) is 7.72. The van der Waals surface area contributed by atoms with Gasteiger partial charge in [-0.15, -0.1) is 4.73 Å². The third-order valence-electron chi connectivity index (χ3n) is 2.32. The number of aromatic hydroxyl groups is 1. The van der Waals surface area contributed by atoms with Crippen LogP contribution in [0.4, 0.5) is 0 Å². The maximum atomic E-state index is 9.65. The van der Waals surface area contributed by atoms with Gasteiger partial charge in [-0.25, -0.2) is 0 Å². The van der Waals surface area contributed by atoms with E-state index in [2.05, 4.69) is 0 Å². The first kappa shape index (κ1) is 10.8. The fourth-order valence-corrected chi connectivity index (χ4v) is 1.48. The van der Waals surface area contributed by atoms with Gasteiger partial charge in [-0.05, 0) is 6.07 Å². The maximum Gasteiger partial charge on any atom is 0.226 e. The van der Waals surface area contributed by atoms with Gasteiger partial charge in [-0.3, -0.25) is 0 Å². The second kappa shape index (κ2) is 4.42. The Balaban J connectivity index is 2.26. The molecular formula is C11H14N2O3. The Labute approximate surface area is 92.6 Å². The molecule has 86 valence electrons. The van der Waals surface area contributed by atoms with E-state index in [0.29, 0.717) is 0 Å². The summed E-state index contributed by atoms with van der Waals surface area (Å²) in [6, 6.07) is 9.02. The van der Waals surface area contributed by atoms with Gasteiger partial charge in [0.15, 0.2) is 0 Å². The molecule has 0 spiro atoms. The van der Waals surface area contributed by atoms with E-state index in [0.717, 1.165) is 10.9 Å². The number of aromatic nitrogens is 1. The molecule has 0 aliphatic rings. The summed E-state index contributed by atoms with van der Waals surface area (Å²) in [4.78, 5) is 5.28. The molecule has 0 aliphatic heterocycles. The van der Waals surface area contributed by atoms with E-state index in [9.17, 15) is 10.2 Å². The number of rotatable bonds is 4. The smallest absolute Gasteiger partial charge is 0.226 e. The predicted molar refractivity (Wildman–Crippen MR) is 60.1 cm³/mol. The van der Waals surface area contributed by atoms with Crippen LogP contribution in [0.5, 0.6) is 5.88 Å². The van der Waals surface area contributed by atoms with Crippen molar-refractivity contribution in [3.8, 4) is 5.88 Å². The van der Waals surface area contributed by atoms with Gasteiger partial charge in [-0.1, -0.05) is 18.2 Å². The average molecular weight is 222 g/mol. The van der Waals surface area contributed by atoms with Gasteiger partial charge in [0.25, 0.3) is 0 Å². The monoisotopic (exact) mass is 222 g/mol. The largest absolute Gasteiger partial charge is 0.492 e. The maximum absolute atomic E-state index is 9.65. The lowest BCUT2D eigenvalue weighted by Crippen LogP contribution is -2.30. The van der Waals surface area contributed by atoms with E-state index in [1.54, 1.807) is 6.07 Å². The molecule has 0 radical (unpaired) electrons. The zero-order valence-electron chi connectivity index (χ0n) is 8.71. The van der Waals surface area contributed by atoms with Crippen LogP contribution in [0.3, 0.4) is 0 Å². The molecule has 1 unspecified atom stereocenters. The van der Waals surface area contributed by atoms with Gasteiger partial charge in [-0.2, -0.15) is 0 Å². The molecule has 2 aromatic rings. The highest BCUT2D eigenvalue weighted by atomic mass is 16.7. The summed E-state index contributed by atoms with van der Waals surface area (Å²) in [6.45, 7) is 0.169. The topological polar surface area (TPSA) is 80.6 Å². The highest BCUT2D eigenvalue weighted by Gasteiger charge is 2.09. The van der Waals surface area contributed by atoms with Crippen molar-refractivity contribution in [2.24, 2.45) is 5.73 Å². The highest BCUT2D eigenvalue weighted by Crippen LogP contribution is 2.22. The number of para-hydroxylation sites is 1. The second-order valence-electron chi connectivity index (χ2n) is 3.54. The van der Waals surface area contributed by atoms with Gasteiger partial charge >= 0.3 is 0 Å². The third-order valence-corrected chi connectivity index (χ3v) is 2.32. The van der Waals surface area contributed by atoms with Crippen molar-refractivity contribution in [1.29, 1.82) is 0 Å². The van der Waals surface area contributed by atoms with Crippen molar-refractivity contribution < 1.29 is 15.1 Å². The zero-order chi connectivity index (χ0) is 11.5. The Hall–Kier alpha value is -1.72. The fraction of sp³-hybridized carbons (Fsp3) is 0.273. The Kier molecular flexibility index (Phi) is 2.98.